The predicted molar refractivity (Wildman–Crippen MR) is 70.1 cm³/mol. The molecule has 0 N–H and O–H groups in total. The number of esters is 1. The first-order chi connectivity index (χ1) is 8.70. The van der Waals surface area contributed by atoms with E-state index in [0.29, 0.717) is 5.92 Å². The number of ether oxygens (including phenoxy) is 1. The van der Waals surface area contributed by atoms with Crippen molar-refractivity contribution in [3.63, 3.8) is 0 Å². The minimum Gasteiger partial charge on any atom is -0.459 e. The molecule has 2 aliphatic carbocycles. The molecule has 2 aliphatic rings. The summed E-state index contributed by atoms with van der Waals surface area (Å²) in [6, 6.07) is 10.4. The Hall–Kier alpha value is -1.31. The lowest BCUT2D eigenvalue weighted by molar-refractivity contribution is -0.189. The van der Waals surface area contributed by atoms with E-state index >= 15 is 0 Å². The van der Waals surface area contributed by atoms with Gasteiger partial charge in [-0.25, -0.2) is 0 Å². The van der Waals surface area contributed by atoms with E-state index in [-0.39, 0.29) is 11.6 Å². The lowest BCUT2D eigenvalue weighted by atomic mass is 9.60. The van der Waals surface area contributed by atoms with Crippen molar-refractivity contribution in [1.82, 2.24) is 0 Å². The third kappa shape index (κ3) is 1.94. The topological polar surface area (TPSA) is 26.3 Å². The van der Waals surface area contributed by atoms with Crippen LogP contribution >= 0.6 is 0 Å². The second-order valence-corrected chi connectivity index (χ2v) is 5.82. The van der Waals surface area contributed by atoms with Crippen LogP contribution in [0.2, 0.25) is 0 Å². The summed E-state index contributed by atoms with van der Waals surface area (Å²) < 4.78 is 5.75. The molecule has 2 heteroatoms. The molecule has 0 bridgehead atoms. The number of rotatable bonds is 3. The van der Waals surface area contributed by atoms with E-state index in [1.165, 1.54) is 31.7 Å². The summed E-state index contributed by atoms with van der Waals surface area (Å²) in [4.78, 5) is 11.4. The van der Waals surface area contributed by atoms with Crippen molar-refractivity contribution in [2.75, 3.05) is 0 Å². The first-order valence-corrected chi connectivity index (χ1v) is 6.93. The fourth-order valence-electron chi connectivity index (χ4n) is 3.99. The maximum absolute atomic E-state index is 11.4. The molecule has 3 atom stereocenters. The summed E-state index contributed by atoms with van der Waals surface area (Å²) in [5.74, 6) is 1.27. The van der Waals surface area contributed by atoms with Gasteiger partial charge in [0.05, 0.1) is 0 Å². The Bertz CT molecular complexity index is 440. The van der Waals surface area contributed by atoms with Gasteiger partial charge in [0.1, 0.15) is 5.60 Å². The van der Waals surface area contributed by atoms with E-state index < -0.39 is 0 Å². The maximum atomic E-state index is 11.4. The zero-order chi connectivity index (χ0) is 12.6. The van der Waals surface area contributed by atoms with Gasteiger partial charge in [0.2, 0.25) is 0 Å². The standard InChI is InChI=1S/C16H20O2/c1-12(17)18-16(10-13-6-3-2-4-7-13)11-14-8-5-9-15(14)16/h2-4,6-7,14-15H,5,8-11H2,1H3/t14-,15-,16-/m0/s1. The monoisotopic (exact) mass is 244 g/mol. The van der Waals surface area contributed by atoms with E-state index in [1.807, 2.05) is 6.07 Å². The third-order valence-electron chi connectivity index (χ3n) is 4.64. The normalized spacial score (nSPS) is 33.6. The van der Waals surface area contributed by atoms with Crippen molar-refractivity contribution in [3.8, 4) is 0 Å². The molecule has 3 rings (SSSR count). The Morgan fingerprint density at radius 3 is 2.78 bits per heavy atom. The fraction of sp³-hybridized carbons (Fsp3) is 0.562. The van der Waals surface area contributed by atoms with Gasteiger partial charge < -0.3 is 4.74 Å². The minimum absolute atomic E-state index is 0.128. The van der Waals surface area contributed by atoms with Crippen molar-refractivity contribution in [2.45, 2.75) is 44.6 Å². The van der Waals surface area contributed by atoms with Crippen molar-refractivity contribution >= 4 is 5.97 Å². The van der Waals surface area contributed by atoms with Gasteiger partial charge >= 0.3 is 5.97 Å². The first kappa shape index (κ1) is 11.8. The number of hydrogen-bond acceptors (Lipinski definition) is 2. The summed E-state index contributed by atoms with van der Waals surface area (Å²) in [5, 5.41) is 0. The highest BCUT2D eigenvalue weighted by Crippen LogP contribution is 2.56. The van der Waals surface area contributed by atoms with Crippen LogP contribution < -0.4 is 0 Å². The van der Waals surface area contributed by atoms with Gasteiger partial charge in [-0.05, 0) is 30.7 Å². The lowest BCUT2D eigenvalue weighted by Crippen LogP contribution is -2.55. The quantitative estimate of drug-likeness (QED) is 0.762. The number of fused-ring (bicyclic) bond motifs is 1. The number of hydrogen-bond donors (Lipinski definition) is 0. The van der Waals surface area contributed by atoms with E-state index in [9.17, 15) is 4.79 Å². The molecule has 18 heavy (non-hydrogen) atoms. The molecule has 1 aromatic rings. The Balaban J connectivity index is 1.81. The molecule has 0 radical (unpaired) electrons. The van der Waals surface area contributed by atoms with Gasteiger partial charge in [0.15, 0.2) is 0 Å². The highest BCUT2D eigenvalue weighted by atomic mass is 16.6. The highest BCUT2D eigenvalue weighted by Gasteiger charge is 2.57. The summed E-state index contributed by atoms with van der Waals surface area (Å²) in [7, 11) is 0. The average molecular weight is 244 g/mol. The van der Waals surface area contributed by atoms with Crippen LogP contribution in [0.3, 0.4) is 0 Å². The van der Waals surface area contributed by atoms with Crippen LogP contribution in [0, 0.1) is 11.8 Å². The summed E-state index contributed by atoms with van der Waals surface area (Å²) >= 11 is 0. The van der Waals surface area contributed by atoms with Gasteiger partial charge in [-0.1, -0.05) is 36.8 Å². The third-order valence-corrected chi connectivity index (χ3v) is 4.64. The van der Waals surface area contributed by atoms with E-state index in [0.717, 1.165) is 18.8 Å². The van der Waals surface area contributed by atoms with E-state index in [1.54, 1.807) is 0 Å². The Morgan fingerprint density at radius 1 is 1.33 bits per heavy atom. The SMILES string of the molecule is CC(=O)O[C@@]1(Cc2ccccc2)C[C@@H]2CCC[C@@H]21. The molecule has 0 amide bonds. The van der Waals surface area contributed by atoms with Gasteiger partial charge in [0.25, 0.3) is 0 Å². The zero-order valence-electron chi connectivity index (χ0n) is 10.9. The van der Waals surface area contributed by atoms with Gasteiger partial charge in [-0.2, -0.15) is 0 Å². The van der Waals surface area contributed by atoms with Gasteiger partial charge in [0, 0.05) is 19.3 Å². The van der Waals surface area contributed by atoms with Crippen LogP contribution in [0.4, 0.5) is 0 Å². The molecular formula is C16H20O2. The molecule has 2 nitrogen and oxygen atoms in total. The summed E-state index contributed by atoms with van der Waals surface area (Å²) in [5.41, 5.74) is 1.08. The van der Waals surface area contributed by atoms with Crippen molar-refractivity contribution in [1.29, 1.82) is 0 Å². The van der Waals surface area contributed by atoms with Crippen LogP contribution in [-0.2, 0) is 16.0 Å². The Kier molecular flexibility index (Phi) is 2.89. The Morgan fingerprint density at radius 2 is 2.11 bits per heavy atom. The van der Waals surface area contributed by atoms with Gasteiger partial charge in [-0.3, -0.25) is 4.79 Å². The number of carbonyl (C=O) groups is 1. The predicted octanol–water partition coefficient (Wildman–Crippen LogP) is 3.35. The molecule has 2 saturated carbocycles. The smallest absolute Gasteiger partial charge is 0.303 e. The molecule has 0 heterocycles. The second-order valence-electron chi connectivity index (χ2n) is 5.82. The van der Waals surface area contributed by atoms with Crippen LogP contribution in [-0.4, -0.2) is 11.6 Å². The zero-order valence-corrected chi connectivity index (χ0v) is 10.9. The molecule has 0 saturated heterocycles. The highest BCUT2D eigenvalue weighted by molar-refractivity contribution is 5.67. The maximum Gasteiger partial charge on any atom is 0.303 e. The lowest BCUT2D eigenvalue weighted by Gasteiger charge is -2.51. The van der Waals surface area contributed by atoms with Crippen LogP contribution in [0.5, 0.6) is 0 Å². The van der Waals surface area contributed by atoms with Crippen molar-refractivity contribution in [2.24, 2.45) is 11.8 Å². The largest absolute Gasteiger partial charge is 0.459 e. The number of benzene rings is 1. The van der Waals surface area contributed by atoms with Crippen molar-refractivity contribution in [3.05, 3.63) is 35.9 Å². The van der Waals surface area contributed by atoms with Crippen LogP contribution in [0.15, 0.2) is 30.3 Å². The van der Waals surface area contributed by atoms with E-state index in [2.05, 4.69) is 24.3 Å². The molecule has 0 aromatic heterocycles. The average Bonchev–Trinajstić information content (AvgIpc) is 2.72. The number of carbonyl (C=O) groups excluding carboxylic acids is 1. The van der Waals surface area contributed by atoms with Crippen LogP contribution in [0.1, 0.15) is 38.2 Å². The van der Waals surface area contributed by atoms with Crippen LogP contribution in [0.25, 0.3) is 0 Å². The van der Waals surface area contributed by atoms with Crippen molar-refractivity contribution < 1.29 is 9.53 Å². The first-order valence-electron chi connectivity index (χ1n) is 6.93. The second kappa shape index (κ2) is 4.42. The molecule has 0 aliphatic heterocycles. The van der Waals surface area contributed by atoms with Gasteiger partial charge in [-0.15, -0.1) is 0 Å². The molecule has 0 unspecified atom stereocenters. The molecular weight excluding hydrogens is 224 g/mol. The molecule has 1 aromatic carbocycles. The summed E-state index contributed by atoms with van der Waals surface area (Å²) in [6.45, 7) is 1.54. The van der Waals surface area contributed by atoms with E-state index in [4.69, 9.17) is 4.74 Å². The Labute approximate surface area is 108 Å². The molecule has 2 fully saturated rings. The molecule has 96 valence electrons. The summed E-state index contributed by atoms with van der Waals surface area (Å²) in [6.07, 6.45) is 5.79. The molecule has 0 spiro atoms. The minimum atomic E-state index is -0.200. The fourth-order valence-corrected chi connectivity index (χ4v) is 3.99.